The maximum Gasteiger partial charge on any atom is 0.318 e. The van der Waals surface area contributed by atoms with Crippen LogP contribution in [0.25, 0.3) is 0 Å². The molecule has 2 amide bonds. The first-order chi connectivity index (χ1) is 11.2. The second-order valence-corrected chi connectivity index (χ2v) is 6.97. The number of nitrogens with zero attached hydrogens (tertiary/aromatic N) is 3. The minimum atomic E-state index is -0.0260. The average Bonchev–Trinajstić information content (AvgIpc) is 3.14. The van der Waals surface area contributed by atoms with Gasteiger partial charge in [-0.2, -0.15) is 4.98 Å². The lowest BCUT2D eigenvalue weighted by Gasteiger charge is -2.25. The Bertz CT molecular complexity index is 520. The SMILES string of the molecule is CCN(Cc1noc(C2CCC2)n1)C(=O)NC(C)C1CCCC1. The molecule has 1 aromatic heterocycles. The summed E-state index contributed by atoms with van der Waals surface area (Å²) in [6.45, 7) is 5.14. The molecule has 6 nitrogen and oxygen atoms in total. The summed E-state index contributed by atoms with van der Waals surface area (Å²) in [7, 11) is 0. The third-order valence-electron chi connectivity index (χ3n) is 5.40. The molecule has 1 heterocycles. The molecule has 0 spiro atoms. The van der Waals surface area contributed by atoms with Gasteiger partial charge < -0.3 is 14.7 Å². The van der Waals surface area contributed by atoms with E-state index in [2.05, 4.69) is 22.4 Å². The van der Waals surface area contributed by atoms with Crippen LogP contribution < -0.4 is 5.32 Å². The predicted octanol–water partition coefficient (Wildman–Crippen LogP) is 3.45. The fourth-order valence-electron chi connectivity index (χ4n) is 3.51. The Balaban J connectivity index is 1.53. The van der Waals surface area contributed by atoms with Crippen LogP contribution >= 0.6 is 0 Å². The smallest absolute Gasteiger partial charge is 0.318 e. The van der Waals surface area contributed by atoms with Crippen LogP contribution in [0, 0.1) is 5.92 Å². The van der Waals surface area contributed by atoms with Crippen molar-refractivity contribution in [3.8, 4) is 0 Å². The van der Waals surface area contributed by atoms with Crippen LogP contribution in [0.15, 0.2) is 4.52 Å². The molecule has 0 radical (unpaired) electrons. The molecule has 0 bridgehead atoms. The van der Waals surface area contributed by atoms with Crippen molar-refractivity contribution >= 4 is 6.03 Å². The highest BCUT2D eigenvalue weighted by molar-refractivity contribution is 5.74. The third kappa shape index (κ3) is 3.85. The number of carbonyl (C=O) groups is 1. The molecule has 6 heteroatoms. The Morgan fingerprint density at radius 2 is 2.04 bits per heavy atom. The first-order valence-corrected chi connectivity index (χ1v) is 9.05. The first kappa shape index (κ1) is 16.3. The number of hydrogen-bond acceptors (Lipinski definition) is 4. The zero-order chi connectivity index (χ0) is 16.2. The Kier molecular flexibility index (Phi) is 5.18. The monoisotopic (exact) mass is 320 g/mol. The second-order valence-electron chi connectivity index (χ2n) is 6.97. The summed E-state index contributed by atoms with van der Waals surface area (Å²) < 4.78 is 5.34. The fourth-order valence-corrected chi connectivity index (χ4v) is 3.51. The zero-order valence-electron chi connectivity index (χ0n) is 14.3. The van der Waals surface area contributed by atoms with Crippen molar-refractivity contribution < 1.29 is 9.32 Å². The van der Waals surface area contributed by atoms with Gasteiger partial charge in [0.2, 0.25) is 5.89 Å². The molecule has 0 aromatic carbocycles. The molecule has 2 fully saturated rings. The van der Waals surface area contributed by atoms with E-state index < -0.39 is 0 Å². The van der Waals surface area contributed by atoms with Crippen LogP contribution in [0.5, 0.6) is 0 Å². The standard InChI is InChI=1S/C17H28N4O2/c1-3-21(17(22)18-12(2)13-7-4-5-8-13)11-15-19-16(23-20-15)14-9-6-10-14/h12-14H,3-11H2,1-2H3,(H,18,22). The van der Waals surface area contributed by atoms with E-state index in [1.165, 1.54) is 32.1 Å². The Morgan fingerprint density at radius 1 is 1.30 bits per heavy atom. The molecular weight excluding hydrogens is 292 g/mol. The highest BCUT2D eigenvalue weighted by Crippen LogP contribution is 2.35. The number of aromatic nitrogens is 2. The molecule has 2 aliphatic carbocycles. The molecule has 1 unspecified atom stereocenters. The van der Waals surface area contributed by atoms with Gasteiger partial charge in [0.1, 0.15) is 0 Å². The Hall–Kier alpha value is -1.59. The first-order valence-electron chi connectivity index (χ1n) is 9.05. The van der Waals surface area contributed by atoms with E-state index >= 15 is 0 Å². The minimum Gasteiger partial charge on any atom is -0.339 e. The number of hydrogen-bond donors (Lipinski definition) is 1. The summed E-state index contributed by atoms with van der Waals surface area (Å²) in [5.74, 6) is 2.40. The lowest BCUT2D eigenvalue weighted by molar-refractivity contribution is 0.188. The van der Waals surface area contributed by atoms with Crippen LogP contribution in [0.4, 0.5) is 4.79 Å². The van der Waals surface area contributed by atoms with Crippen molar-refractivity contribution in [3.63, 3.8) is 0 Å². The fraction of sp³-hybridized carbons (Fsp3) is 0.824. The highest BCUT2D eigenvalue weighted by atomic mass is 16.5. The van der Waals surface area contributed by atoms with Gasteiger partial charge in [-0.05, 0) is 45.4 Å². The van der Waals surface area contributed by atoms with Crippen molar-refractivity contribution in [2.24, 2.45) is 5.92 Å². The molecule has 0 saturated heterocycles. The van der Waals surface area contributed by atoms with Gasteiger partial charge in [-0.1, -0.05) is 24.4 Å². The molecule has 0 aliphatic heterocycles. The van der Waals surface area contributed by atoms with Gasteiger partial charge in [0.15, 0.2) is 5.82 Å². The maximum absolute atomic E-state index is 12.5. The quantitative estimate of drug-likeness (QED) is 0.871. The van der Waals surface area contributed by atoms with Gasteiger partial charge in [0, 0.05) is 18.5 Å². The topological polar surface area (TPSA) is 71.3 Å². The summed E-state index contributed by atoms with van der Waals surface area (Å²) in [5.41, 5.74) is 0. The molecule has 2 saturated carbocycles. The van der Waals surface area contributed by atoms with Gasteiger partial charge >= 0.3 is 6.03 Å². The van der Waals surface area contributed by atoms with Gasteiger partial charge in [-0.25, -0.2) is 4.79 Å². The molecule has 3 rings (SSSR count). The number of amides is 2. The highest BCUT2D eigenvalue weighted by Gasteiger charge is 2.27. The minimum absolute atomic E-state index is 0.0260. The molecule has 1 N–H and O–H groups in total. The van der Waals surface area contributed by atoms with Gasteiger partial charge in [-0.3, -0.25) is 0 Å². The van der Waals surface area contributed by atoms with Crippen molar-refractivity contribution in [1.82, 2.24) is 20.4 Å². The number of urea groups is 1. The molecule has 2 aliphatic rings. The van der Waals surface area contributed by atoms with Gasteiger partial charge in [-0.15, -0.1) is 0 Å². The molecular formula is C17H28N4O2. The van der Waals surface area contributed by atoms with E-state index in [1.54, 1.807) is 4.90 Å². The molecule has 23 heavy (non-hydrogen) atoms. The van der Waals surface area contributed by atoms with Crippen molar-refractivity contribution in [2.75, 3.05) is 6.54 Å². The van der Waals surface area contributed by atoms with E-state index in [-0.39, 0.29) is 12.1 Å². The van der Waals surface area contributed by atoms with Gasteiger partial charge in [0.05, 0.1) is 6.54 Å². The van der Waals surface area contributed by atoms with Crippen LogP contribution in [-0.2, 0) is 6.54 Å². The van der Waals surface area contributed by atoms with E-state index in [9.17, 15) is 4.79 Å². The Labute approximate surface area is 138 Å². The third-order valence-corrected chi connectivity index (χ3v) is 5.40. The second kappa shape index (κ2) is 7.32. The van der Waals surface area contributed by atoms with Crippen molar-refractivity contribution in [1.29, 1.82) is 0 Å². The number of rotatable bonds is 6. The van der Waals surface area contributed by atoms with Crippen LogP contribution in [0.2, 0.25) is 0 Å². The summed E-state index contributed by atoms with van der Waals surface area (Å²) in [4.78, 5) is 18.7. The van der Waals surface area contributed by atoms with Crippen LogP contribution in [-0.4, -0.2) is 33.7 Å². The number of carbonyl (C=O) groups excluding carboxylic acids is 1. The summed E-state index contributed by atoms with van der Waals surface area (Å²) in [6, 6.07) is 0.205. The summed E-state index contributed by atoms with van der Waals surface area (Å²) >= 11 is 0. The largest absolute Gasteiger partial charge is 0.339 e. The van der Waals surface area contributed by atoms with Crippen LogP contribution in [0.3, 0.4) is 0 Å². The zero-order valence-corrected chi connectivity index (χ0v) is 14.3. The van der Waals surface area contributed by atoms with Crippen molar-refractivity contribution in [2.45, 2.75) is 77.3 Å². The van der Waals surface area contributed by atoms with E-state index in [1.807, 2.05) is 6.92 Å². The van der Waals surface area contributed by atoms with E-state index in [0.717, 1.165) is 18.7 Å². The molecule has 128 valence electrons. The maximum atomic E-state index is 12.5. The summed E-state index contributed by atoms with van der Waals surface area (Å²) in [5, 5.41) is 7.18. The number of nitrogens with one attached hydrogen (secondary N) is 1. The molecule has 1 atom stereocenters. The van der Waals surface area contributed by atoms with E-state index in [0.29, 0.717) is 30.7 Å². The van der Waals surface area contributed by atoms with E-state index in [4.69, 9.17) is 4.52 Å². The van der Waals surface area contributed by atoms with Gasteiger partial charge in [0.25, 0.3) is 0 Å². The predicted molar refractivity (Wildman–Crippen MR) is 86.9 cm³/mol. The Morgan fingerprint density at radius 3 is 2.65 bits per heavy atom. The summed E-state index contributed by atoms with van der Waals surface area (Å²) in [6.07, 6.45) is 8.54. The normalized spacial score (nSPS) is 20.3. The van der Waals surface area contributed by atoms with Crippen molar-refractivity contribution in [3.05, 3.63) is 11.7 Å². The lowest BCUT2D eigenvalue weighted by atomic mass is 9.85. The molecule has 1 aromatic rings. The average molecular weight is 320 g/mol. The van der Waals surface area contributed by atoms with Crippen LogP contribution in [0.1, 0.15) is 76.4 Å². The lowest BCUT2D eigenvalue weighted by Crippen LogP contribution is -2.45.